The quantitative estimate of drug-likeness (QED) is 0.188. The first-order valence-corrected chi connectivity index (χ1v) is 2.84. The number of aliphatic imine (C=N–C) groups is 1. The van der Waals surface area contributed by atoms with Gasteiger partial charge in [-0.15, -0.1) is 0 Å². The Labute approximate surface area is 64.1 Å². The number of hydrogen-bond acceptors (Lipinski definition) is 3. The average molecular weight is 155 g/mol. The lowest BCUT2D eigenvalue weighted by Crippen LogP contribution is -2.39. The van der Waals surface area contributed by atoms with Gasteiger partial charge in [0.05, 0.1) is 6.54 Å². The van der Waals surface area contributed by atoms with Crippen molar-refractivity contribution in [1.29, 1.82) is 5.26 Å². The van der Waals surface area contributed by atoms with E-state index in [0.717, 1.165) is 0 Å². The summed E-state index contributed by atoms with van der Waals surface area (Å²) < 4.78 is 0. The molecule has 0 rings (SSSR count). The molecule has 0 aliphatic carbocycles. The van der Waals surface area contributed by atoms with E-state index in [1.807, 2.05) is 0 Å². The van der Waals surface area contributed by atoms with Crippen LogP contribution in [0.15, 0.2) is 4.99 Å². The zero-order chi connectivity index (χ0) is 8.69. The summed E-state index contributed by atoms with van der Waals surface area (Å²) in [4.78, 5) is 13.8. The second-order valence-corrected chi connectivity index (χ2v) is 1.63. The fraction of sp³-hybridized carbons (Fsp3) is 0.400. The standard InChI is InChI=1S/C5H9N5O/c1-8-5(10-3-6)9-2-4(7)11/h2H2,1H3,(H2,7,11)(H2,8,9,10). The third-order valence-corrected chi connectivity index (χ3v) is 0.828. The number of primary amides is 1. The second-order valence-electron chi connectivity index (χ2n) is 1.63. The Bertz CT molecular complexity index is 203. The monoisotopic (exact) mass is 155 g/mol. The van der Waals surface area contributed by atoms with E-state index in [1.54, 1.807) is 6.19 Å². The van der Waals surface area contributed by atoms with Crippen molar-refractivity contribution in [2.24, 2.45) is 10.7 Å². The van der Waals surface area contributed by atoms with Crippen LogP contribution in [0.2, 0.25) is 0 Å². The highest BCUT2D eigenvalue weighted by Gasteiger charge is 1.96. The van der Waals surface area contributed by atoms with Gasteiger partial charge in [0.25, 0.3) is 0 Å². The van der Waals surface area contributed by atoms with Crippen LogP contribution in [0.3, 0.4) is 0 Å². The molecule has 0 aromatic rings. The number of rotatable bonds is 2. The van der Waals surface area contributed by atoms with Crippen LogP contribution in [-0.4, -0.2) is 25.5 Å². The molecule has 0 aliphatic heterocycles. The molecule has 11 heavy (non-hydrogen) atoms. The van der Waals surface area contributed by atoms with Crippen LogP contribution in [0.5, 0.6) is 0 Å². The smallest absolute Gasteiger partial charge is 0.236 e. The van der Waals surface area contributed by atoms with E-state index in [4.69, 9.17) is 11.0 Å². The van der Waals surface area contributed by atoms with Crippen LogP contribution in [0.4, 0.5) is 0 Å². The minimum Gasteiger partial charge on any atom is -0.368 e. The minimum absolute atomic E-state index is 0.0403. The van der Waals surface area contributed by atoms with E-state index in [0.29, 0.717) is 0 Å². The van der Waals surface area contributed by atoms with Crippen molar-refractivity contribution in [3.63, 3.8) is 0 Å². The van der Waals surface area contributed by atoms with Gasteiger partial charge in [0.15, 0.2) is 6.19 Å². The number of nitriles is 1. The molecule has 0 atom stereocenters. The van der Waals surface area contributed by atoms with Gasteiger partial charge < -0.3 is 11.1 Å². The molecule has 6 nitrogen and oxygen atoms in total. The number of hydrogen-bond donors (Lipinski definition) is 3. The summed E-state index contributed by atoms with van der Waals surface area (Å²) in [5.41, 5.74) is 4.82. The van der Waals surface area contributed by atoms with E-state index in [9.17, 15) is 4.79 Å². The molecule has 0 heterocycles. The van der Waals surface area contributed by atoms with Crippen molar-refractivity contribution in [1.82, 2.24) is 10.6 Å². The molecule has 0 saturated carbocycles. The summed E-state index contributed by atoms with van der Waals surface area (Å²) in [6, 6.07) is 0. The largest absolute Gasteiger partial charge is 0.368 e. The summed E-state index contributed by atoms with van der Waals surface area (Å²) in [6.45, 7) is -0.0403. The molecule has 0 aliphatic rings. The Kier molecular flexibility index (Phi) is 4.24. The summed E-state index contributed by atoms with van der Waals surface area (Å²) >= 11 is 0. The maximum atomic E-state index is 10.2. The molecular formula is C5H9N5O. The van der Waals surface area contributed by atoms with Crippen LogP contribution >= 0.6 is 0 Å². The van der Waals surface area contributed by atoms with Crippen molar-refractivity contribution in [2.75, 3.05) is 13.6 Å². The highest BCUT2D eigenvalue weighted by molar-refractivity contribution is 5.86. The fourth-order valence-electron chi connectivity index (χ4n) is 0.403. The average Bonchev–Trinajstić information content (AvgIpc) is 1.97. The zero-order valence-electron chi connectivity index (χ0n) is 6.09. The number of guanidine groups is 1. The third-order valence-electron chi connectivity index (χ3n) is 0.828. The highest BCUT2D eigenvalue weighted by Crippen LogP contribution is 1.63. The van der Waals surface area contributed by atoms with E-state index < -0.39 is 5.91 Å². The molecule has 60 valence electrons. The van der Waals surface area contributed by atoms with Crippen LogP contribution in [0.25, 0.3) is 0 Å². The van der Waals surface area contributed by atoms with Crippen molar-refractivity contribution >= 4 is 11.9 Å². The molecule has 0 aromatic carbocycles. The van der Waals surface area contributed by atoms with Gasteiger partial charge in [0, 0.05) is 7.05 Å². The van der Waals surface area contributed by atoms with Gasteiger partial charge in [-0.05, 0) is 0 Å². The van der Waals surface area contributed by atoms with Crippen LogP contribution in [-0.2, 0) is 4.79 Å². The van der Waals surface area contributed by atoms with Crippen molar-refractivity contribution in [2.45, 2.75) is 0 Å². The predicted octanol–water partition coefficient (Wildman–Crippen LogP) is -1.88. The summed E-state index contributed by atoms with van der Waals surface area (Å²) in [6.07, 6.45) is 1.65. The Morgan fingerprint density at radius 3 is 2.82 bits per heavy atom. The van der Waals surface area contributed by atoms with Crippen LogP contribution in [0.1, 0.15) is 0 Å². The summed E-state index contributed by atoms with van der Waals surface area (Å²) in [5, 5.41) is 12.9. The first-order valence-electron chi connectivity index (χ1n) is 2.84. The molecule has 0 radical (unpaired) electrons. The highest BCUT2D eigenvalue weighted by atomic mass is 16.1. The molecule has 4 N–H and O–H groups in total. The van der Waals surface area contributed by atoms with Crippen LogP contribution in [0, 0.1) is 11.5 Å². The molecule has 0 aromatic heterocycles. The summed E-state index contributed by atoms with van der Waals surface area (Å²) in [7, 11) is 1.48. The molecular weight excluding hydrogens is 146 g/mol. The molecule has 0 saturated heterocycles. The normalized spacial score (nSPS) is 10.0. The minimum atomic E-state index is -0.508. The van der Waals surface area contributed by atoms with E-state index >= 15 is 0 Å². The van der Waals surface area contributed by atoms with Gasteiger partial charge in [0.1, 0.15) is 0 Å². The Hall–Kier alpha value is -1.77. The first-order chi connectivity index (χ1) is 5.20. The number of nitrogens with zero attached hydrogens (tertiary/aromatic N) is 2. The van der Waals surface area contributed by atoms with Crippen molar-refractivity contribution in [3.05, 3.63) is 0 Å². The second kappa shape index (κ2) is 5.05. The van der Waals surface area contributed by atoms with Gasteiger partial charge in [-0.25, -0.2) is 0 Å². The SMILES string of the molecule is CN=C(NC#N)NCC(N)=O. The molecule has 0 unspecified atom stereocenters. The first kappa shape index (κ1) is 9.23. The van der Waals surface area contributed by atoms with Gasteiger partial charge in [-0.1, -0.05) is 0 Å². The predicted molar refractivity (Wildman–Crippen MR) is 39.3 cm³/mol. The number of amides is 1. The van der Waals surface area contributed by atoms with Gasteiger partial charge >= 0.3 is 0 Å². The lowest BCUT2D eigenvalue weighted by atomic mass is 10.6. The Morgan fingerprint density at radius 1 is 1.82 bits per heavy atom. The number of nitrogens with two attached hydrogens (primary N) is 1. The van der Waals surface area contributed by atoms with E-state index in [1.165, 1.54) is 7.05 Å². The molecule has 0 fully saturated rings. The fourth-order valence-corrected chi connectivity index (χ4v) is 0.403. The molecule has 0 bridgehead atoms. The lowest BCUT2D eigenvalue weighted by Gasteiger charge is -2.02. The number of carbonyl (C=O) groups is 1. The number of carbonyl (C=O) groups excluding carboxylic acids is 1. The van der Waals surface area contributed by atoms with Gasteiger partial charge in [0.2, 0.25) is 11.9 Å². The molecule has 0 spiro atoms. The van der Waals surface area contributed by atoms with E-state index in [-0.39, 0.29) is 12.5 Å². The van der Waals surface area contributed by atoms with Crippen molar-refractivity contribution < 1.29 is 4.79 Å². The Balaban J connectivity index is 3.73. The summed E-state index contributed by atoms with van der Waals surface area (Å²) in [5.74, 6) is -0.280. The van der Waals surface area contributed by atoms with Gasteiger partial charge in [-0.2, -0.15) is 5.26 Å². The molecule has 6 heteroatoms. The maximum Gasteiger partial charge on any atom is 0.236 e. The molecule has 1 amide bonds. The van der Waals surface area contributed by atoms with Crippen molar-refractivity contribution in [3.8, 4) is 6.19 Å². The zero-order valence-corrected chi connectivity index (χ0v) is 6.09. The number of nitrogens with one attached hydrogen (secondary N) is 2. The maximum absolute atomic E-state index is 10.2. The Morgan fingerprint density at radius 2 is 2.45 bits per heavy atom. The third kappa shape index (κ3) is 4.72. The lowest BCUT2D eigenvalue weighted by molar-refractivity contribution is -0.116. The van der Waals surface area contributed by atoms with E-state index in [2.05, 4.69) is 15.6 Å². The van der Waals surface area contributed by atoms with Crippen LogP contribution < -0.4 is 16.4 Å². The topological polar surface area (TPSA) is 103 Å². The van der Waals surface area contributed by atoms with Gasteiger partial charge in [-0.3, -0.25) is 15.1 Å².